The van der Waals surface area contributed by atoms with Gasteiger partial charge in [0.05, 0.1) is 15.1 Å². The molecule has 132 valence electrons. The van der Waals surface area contributed by atoms with Gasteiger partial charge >= 0.3 is 0 Å². The molecule has 2 rings (SSSR count). The summed E-state index contributed by atoms with van der Waals surface area (Å²) in [6.07, 6.45) is 0. The number of benzene rings is 2. The Balaban J connectivity index is 2.26. The van der Waals surface area contributed by atoms with Crippen molar-refractivity contribution in [2.45, 2.75) is 13.8 Å². The van der Waals surface area contributed by atoms with Gasteiger partial charge in [0, 0.05) is 17.3 Å². The number of aromatic hydroxyl groups is 1. The molecule has 0 saturated carbocycles. The minimum atomic E-state index is -0.681. The van der Waals surface area contributed by atoms with Crippen molar-refractivity contribution in [1.82, 2.24) is 0 Å². The average Bonchev–Trinajstić information content (AvgIpc) is 2.53. The number of carbonyl (C=O) groups excluding carboxylic acids is 2. The van der Waals surface area contributed by atoms with E-state index >= 15 is 0 Å². The lowest BCUT2D eigenvalue weighted by Gasteiger charge is -2.12. The predicted octanol–water partition coefficient (Wildman–Crippen LogP) is 5.20. The molecule has 2 aromatic rings. The number of rotatable bonds is 4. The van der Waals surface area contributed by atoms with Crippen LogP contribution in [0.3, 0.4) is 0 Å². The van der Waals surface area contributed by atoms with Crippen LogP contribution in [0.25, 0.3) is 0 Å². The minimum Gasteiger partial charge on any atom is -0.505 e. The zero-order chi connectivity index (χ0) is 18.7. The Morgan fingerprint density at radius 1 is 1.00 bits per heavy atom. The highest BCUT2D eigenvalue weighted by atomic mass is 35.5. The molecule has 0 spiro atoms. The van der Waals surface area contributed by atoms with Gasteiger partial charge in [0.1, 0.15) is 11.3 Å². The molecular formula is C17H15Cl3N2O3. The fourth-order valence-corrected chi connectivity index (χ4v) is 2.64. The summed E-state index contributed by atoms with van der Waals surface area (Å²) in [4.78, 5) is 24.2. The predicted molar refractivity (Wildman–Crippen MR) is 101 cm³/mol. The van der Waals surface area contributed by atoms with Crippen molar-refractivity contribution in [2.75, 3.05) is 10.6 Å². The average molecular weight is 402 g/mol. The van der Waals surface area contributed by atoms with E-state index in [0.717, 1.165) is 0 Å². The Labute approximate surface area is 159 Å². The van der Waals surface area contributed by atoms with Gasteiger partial charge in [0.2, 0.25) is 5.91 Å². The Morgan fingerprint density at radius 3 is 2.20 bits per heavy atom. The zero-order valence-electron chi connectivity index (χ0n) is 13.4. The van der Waals surface area contributed by atoms with E-state index in [2.05, 4.69) is 10.6 Å². The smallest absolute Gasteiger partial charge is 0.261 e. The molecule has 0 fully saturated rings. The summed E-state index contributed by atoms with van der Waals surface area (Å²) >= 11 is 17.7. The van der Waals surface area contributed by atoms with Crippen molar-refractivity contribution < 1.29 is 14.7 Å². The summed E-state index contributed by atoms with van der Waals surface area (Å²) in [5.74, 6) is -1.47. The minimum absolute atomic E-state index is 0.0487. The van der Waals surface area contributed by atoms with Gasteiger partial charge in [-0.05, 0) is 24.3 Å². The second kappa shape index (κ2) is 7.95. The Kier molecular flexibility index (Phi) is 6.16. The van der Waals surface area contributed by atoms with Crippen LogP contribution in [0.1, 0.15) is 24.2 Å². The summed E-state index contributed by atoms with van der Waals surface area (Å²) < 4.78 is 0. The molecule has 0 heterocycles. The number of amides is 2. The summed E-state index contributed by atoms with van der Waals surface area (Å²) in [6, 6.07) is 7.81. The van der Waals surface area contributed by atoms with Crippen LogP contribution < -0.4 is 10.6 Å². The molecule has 5 nitrogen and oxygen atoms in total. The Hall–Kier alpha value is -1.95. The first kappa shape index (κ1) is 19.4. The Morgan fingerprint density at radius 2 is 1.60 bits per heavy atom. The van der Waals surface area contributed by atoms with Crippen LogP contribution in [0, 0.1) is 5.92 Å². The van der Waals surface area contributed by atoms with E-state index in [9.17, 15) is 14.7 Å². The molecule has 0 aliphatic heterocycles. The molecule has 0 aromatic heterocycles. The summed E-state index contributed by atoms with van der Waals surface area (Å²) in [5, 5.41) is 15.2. The molecule has 2 aromatic carbocycles. The van der Waals surface area contributed by atoms with E-state index in [1.165, 1.54) is 6.07 Å². The molecule has 0 aliphatic rings. The monoisotopic (exact) mass is 400 g/mol. The van der Waals surface area contributed by atoms with Crippen LogP contribution >= 0.6 is 34.8 Å². The number of phenols is 1. The molecule has 3 N–H and O–H groups in total. The fourth-order valence-electron chi connectivity index (χ4n) is 1.95. The lowest BCUT2D eigenvalue weighted by molar-refractivity contribution is -0.118. The number of hydrogen-bond acceptors (Lipinski definition) is 3. The van der Waals surface area contributed by atoms with Crippen LogP contribution in [-0.4, -0.2) is 16.9 Å². The maximum atomic E-state index is 12.4. The molecular weight excluding hydrogens is 387 g/mol. The van der Waals surface area contributed by atoms with Crippen LogP contribution in [0.4, 0.5) is 11.4 Å². The molecule has 0 saturated heterocycles. The van der Waals surface area contributed by atoms with E-state index in [0.29, 0.717) is 11.4 Å². The van der Waals surface area contributed by atoms with Crippen molar-refractivity contribution in [3.8, 4) is 5.75 Å². The van der Waals surface area contributed by atoms with Gasteiger partial charge in [-0.2, -0.15) is 0 Å². The summed E-state index contributed by atoms with van der Waals surface area (Å²) in [5.41, 5.74) is 0.699. The third-order valence-electron chi connectivity index (χ3n) is 3.29. The molecule has 25 heavy (non-hydrogen) atoms. The lowest BCUT2D eigenvalue weighted by atomic mass is 10.1. The van der Waals surface area contributed by atoms with E-state index in [-0.39, 0.29) is 32.5 Å². The first-order valence-electron chi connectivity index (χ1n) is 7.29. The first-order valence-corrected chi connectivity index (χ1v) is 8.42. The van der Waals surface area contributed by atoms with Crippen molar-refractivity contribution in [1.29, 1.82) is 0 Å². The third kappa shape index (κ3) is 4.57. The molecule has 0 bridgehead atoms. The summed E-state index contributed by atoms with van der Waals surface area (Å²) in [7, 11) is 0. The van der Waals surface area contributed by atoms with Gasteiger partial charge in [0.25, 0.3) is 5.91 Å². The van der Waals surface area contributed by atoms with Crippen molar-refractivity contribution in [2.24, 2.45) is 5.92 Å². The van der Waals surface area contributed by atoms with Gasteiger partial charge in [-0.25, -0.2) is 0 Å². The van der Waals surface area contributed by atoms with E-state index < -0.39 is 11.7 Å². The normalized spacial score (nSPS) is 10.6. The molecule has 0 unspecified atom stereocenters. The van der Waals surface area contributed by atoms with Gasteiger partial charge < -0.3 is 15.7 Å². The highest BCUT2D eigenvalue weighted by Gasteiger charge is 2.21. The zero-order valence-corrected chi connectivity index (χ0v) is 15.6. The van der Waals surface area contributed by atoms with Gasteiger partial charge in [-0.15, -0.1) is 0 Å². The second-order valence-electron chi connectivity index (χ2n) is 5.56. The van der Waals surface area contributed by atoms with Crippen LogP contribution in [0.5, 0.6) is 5.75 Å². The Bertz CT molecular complexity index is 812. The van der Waals surface area contributed by atoms with Crippen molar-refractivity contribution >= 4 is 58.0 Å². The van der Waals surface area contributed by atoms with Gasteiger partial charge in [-0.3, -0.25) is 9.59 Å². The second-order valence-corrected chi connectivity index (χ2v) is 6.75. The van der Waals surface area contributed by atoms with Gasteiger partial charge in [-0.1, -0.05) is 54.7 Å². The summed E-state index contributed by atoms with van der Waals surface area (Å²) in [6.45, 7) is 3.54. The van der Waals surface area contributed by atoms with Crippen LogP contribution in [0.2, 0.25) is 15.1 Å². The molecule has 2 amide bonds. The number of carbonyl (C=O) groups is 2. The third-order valence-corrected chi connectivity index (χ3v) is 4.36. The maximum absolute atomic E-state index is 12.4. The standard InChI is InChI=1S/C17H15Cl3N2O3/c1-8(2)16(24)21-9-4-3-5-10(6-9)22-17(25)13-14(20)11(18)7-12(19)15(13)23/h3-8,23H,1-2H3,(H,21,24)(H,22,25). The number of phenolic OH excluding ortho intramolecular Hbond substituents is 1. The fraction of sp³-hybridized carbons (Fsp3) is 0.176. The van der Waals surface area contributed by atoms with E-state index in [1.807, 2.05) is 0 Å². The number of halogens is 3. The quantitative estimate of drug-likeness (QED) is 0.616. The number of hydrogen-bond donors (Lipinski definition) is 3. The van der Waals surface area contributed by atoms with Crippen molar-refractivity contribution in [3.05, 3.63) is 51.0 Å². The van der Waals surface area contributed by atoms with Crippen LogP contribution in [-0.2, 0) is 4.79 Å². The van der Waals surface area contributed by atoms with Crippen molar-refractivity contribution in [3.63, 3.8) is 0 Å². The maximum Gasteiger partial charge on any atom is 0.261 e. The number of nitrogens with one attached hydrogen (secondary N) is 2. The molecule has 0 radical (unpaired) electrons. The molecule has 8 heteroatoms. The number of anilines is 2. The molecule has 0 aliphatic carbocycles. The topological polar surface area (TPSA) is 78.4 Å². The first-order chi connectivity index (χ1) is 11.7. The molecule has 0 atom stereocenters. The highest BCUT2D eigenvalue weighted by Crippen LogP contribution is 2.38. The SMILES string of the molecule is CC(C)C(=O)Nc1cccc(NC(=O)c2c(O)c(Cl)cc(Cl)c2Cl)c1. The van der Waals surface area contributed by atoms with Crippen LogP contribution in [0.15, 0.2) is 30.3 Å². The largest absolute Gasteiger partial charge is 0.505 e. The highest BCUT2D eigenvalue weighted by molar-refractivity contribution is 6.46. The van der Waals surface area contributed by atoms with E-state index in [4.69, 9.17) is 34.8 Å². The lowest BCUT2D eigenvalue weighted by Crippen LogP contribution is -2.18. The van der Waals surface area contributed by atoms with E-state index in [1.54, 1.807) is 38.1 Å². The van der Waals surface area contributed by atoms with Gasteiger partial charge in [0.15, 0.2) is 0 Å².